The van der Waals surface area contributed by atoms with E-state index in [1.165, 1.54) is 6.07 Å². The maximum atomic E-state index is 12.8. The van der Waals surface area contributed by atoms with Crippen LogP contribution in [-0.2, 0) is 4.74 Å². The molecule has 0 spiro atoms. The van der Waals surface area contributed by atoms with Gasteiger partial charge in [0.05, 0.1) is 18.0 Å². The van der Waals surface area contributed by atoms with E-state index < -0.39 is 5.91 Å². The number of carbonyl (C=O) groups excluding carboxylic acids is 1. The summed E-state index contributed by atoms with van der Waals surface area (Å²) in [6.07, 6.45) is 14.6. The highest BCUT2D eigenvalue weighted by Crippen LogP contribution is 2.24. The average molecular weight is 422 g/mol. The molecule has 0 aromatic carbocycles. The topological polar surface area (TPSA) is 98.3 Å². The number of pyridine rings is 1. The fraction of sp³-hybridized carbons (Fsp3) is 0.375. The molecule has 0 unspecified atom stereocenters. The van der Waals surface area contributed by atoms with Crippen molar-refractivity contribution in [1.82, 2.24) is 10.6 Å². The third-order valence-electron chi connectivity index (χ3n) is 5.52. The Bertz CT molecular complexity index is 993. The molecule has 0 radical (unpaired) electrons. The largest absolute Gasteiger partial charge is 0.492 e. The van der Waals surface area contributed by atoms with Gasteiger partial charge in [0.1, 0.15) is 5.76 Å². The van der Waals surface area contributed by atoms with Gasteiger partial charge in [0.25, 0.3) is 0 Å². The molecule has 1 aromatic rings. The van der Waals surface area contributed by atoms with Gasteiger partial charge in [0.2, 0.25) is 5.69 Å². The Labute approximate surface area is 183 Å². The van der Waals surface area contributed by atoms with Crippen LogP contribution in [0.2, 0.25) is 0 Å². The molecule has 0 atom stereocenters. The standard InChI is InChI=1S/C24H28N4O3/c1-4-17-9-11-19(12-10-17)26-15-18-13-21(23(31-5-2)14-20(18)25)27-24(29)22-8-6-7-16(3)28(22)30/h1,6-8,13-15,17,19,25,29-30H,5,9-12H2,2-3H3/p+1/t17-,19-. The molecule has 1 amide bonds. The Hall–Kier alpha value is -3.53. The van der Waals surface area contributed by atoms with E-state index in [2.05, 4.69) is 16.6 Å². The van der Waals surface area contributed by atoms with E-state index in [1.807, 2.05) is 13.1 Å². The molecule has 0 aliphatic heterocycles. The molecule has 0 saturated heterocycles. The van der Waals surface area contributed by atoms with E-state index in [0.717, 1.165) is 30.4 Å². The Kier molecular flexibility index (Phi) is 7.14. The van der Waals surface area contributed by atoms with Crippen LogP contribution >= 0.6 is 0 Å². The first kappa shape index (κ1) is 22.2. The van der Waals surface area contributed by atoms with Gasteiger partial charge >= 0.3 is 11.6 Å². The SMILES string of the molecule is C#C[C@H]1CC[C@H](N/C=C2/C=C(NC(=O)c3cccc(C)[n+]3O)C(OCC)=CC2=N)CC1. The Morgan fingerprint density at radius 2 is 2.10 bits per heavy atom. The summed E-state index contributed by atoms with van der Waals surface area (Å²) in [5, 5.41) is 24.7. The fourth-order valence-electron chi connectivity index (χ4n) is 3.69. The lowest BCUT2D eigenvalue weighted by Gasteiger charge is -2.26. The second kappa shape index (κ2) is 9.98. The molecule has 162 valence electrons. The van der Waals surface area contributed by atoms with Crippen molar-refractivity contribution in [2.45, 2.75) is 45.6 Å². The lowest BCUT2D eigenvalue weighted by atomic mass is 9.86. The number of terminal acetylenes is 1. The minimum absolute atomic E-state index is 0.103. The summed E-state index contributed by atoms with van der Waals surface area (Å²) in [5.74, 6) is 3.12. The van der Waals surface area contributed by atoms with Gasteiger partial charge in [0.15, 0.2) is 0 Å². The van der Waals surface area contributed by atoms with E-state index in [1.54, 1.807) is 31.2 Å². The first-order valence-corrected chi connectivity index (χ1v) is 10.5. The van der Waals surface area contributed by atoms with Gasteiger partial charge in [-0.2, -0.15) is 0 Å². The number of hydrogen-bond donors (Lipinski definition) is 4. The highest BCUT2D eigenvalue weighted by molar-refractivity contribution is 6.10. The van der Waals surface area contributed by atoms with E-state index in [-0.39, 0.29) is 5.69 Å². The number of allylic oxidation sites excluding steroid dienone is 3. The van der Waals surface area contributed by atoms with Crippen molar-refractivity contribution in [2.24, 2.45) is 5.92 Å². The number of carbonyl (C=O) groups is 1. The Balaban J connectivity index is 1.78. The summed E-state index contributed by atoms with van der Waals surface area (Å²) >= 11 is 0. The minimum Gasteiger partial charge on any atom is -0.492 e. The predicted molar refractivity (Wildman–Crippen MR) is 117 cm³/mol. The van der Waals surface area contributed by atoms with Crippen LogP contribution in [-0.4, -0.2) is 29.5 Å². The van der Waals surface area contributed by atoms with Gasteiger partial charge in [-0.3, -0.25) is 10.0 Å². The molecule has 1 saturated carbocycles. The minimum atomic E-state index is -0.476. The summed E-state index contributed by atoms with van der Waals surface area (Å²) < 4.78 is 6.47. The predicted octanol–water partition coefficient (Wildman–Crippen LogP) is 2.75. The highest BCUT2D eigenvalue weighted by atomic mass is 16.5. The molecule has 2 aliphatic rings. The van der Waals surface area contributed by atoms with Crippen LogP contribution in [0.5, 0.6) is 0 Å². The number of nitrogens with one attached hydrogen (secondary N) is 3. The van der Waals surface area contributed by atoms with Gasteiger partial charge in [-0.25, -0.2) is 0 Å². The second-order valence-corrected chi connectivity index (χ2v) is 7.71. The zero-order valence-electron chi connectivity index (χ0n) is 17.9. The molecule has 2 aliphatic carbocycles. The molecule has 4 N–H and O–H groups in total. The Morgan fingerprint density at radius 1 is 1.35 bits per heavy atom. The zero-order chi connectivity index (χ0) is 22.4. The molecule has 1 aromatic heterocycles. The number of rotatable bonds is 6. The number of amides is 1. The molecule has 7 heteroatoms. The van der Waals surface area contributed by atoms with Crippen LogP contribution < -0.4 is 15.4 Å². The van der Waals surface area contributed by atoms with Crippen molar-refractivity contribution >= 4 is 11.6 Å². The van der Waals surface area contributed by atoms with Crippen LogP contribution in [0.3, 0.4) is 0 Å². The maximum Gasteiger partial charge on any atom is 0.325 e. The molecule has 0 bridgehead atoms. The van der Waals surface area contributed by atoms with Gasteiger partial charge in [-0.15, -0.1) is 12.3 Å². The summed E-state index contributed by atoms with van der Waals surface area (Å²) in [4.78, 5) is 12.8. The van der Waals surface area contributed by atoms with Crippen LogP contribution in [0.1, 0.15) is 48.8 Å². The van der Waals surface area contributed by atoms with Crippen molar-refractivity contribution in [3.05, 3.63) is 65.0 Å². The third-order valence-corrected chi connectivity index (χ3v) is 5.52. The van der Waals surface area contributed by atoms with Crippen LogP contribution in [0, 0.1) is 30.6 Å². The van der Waals surface area contributed by atoms with E-state index in [9.17, 15) is 10.0 Å². The Morgan fingerprint density at radius 3 is 2.77 bits per heavy atom. The van der Waals surface area contributed by atoms with Crippen molar-refractivity contribution in [3.63, 3.8) is 0 Å². The second-order valence-electron chi connectivity index (χ2n) is 7.71. The van der Waals surface area contributed by atoms with Crippen molar-refractivity contribution in [1.29, 1.82) is 5.41 Å². The number of ether oxygens (including phenoxy) is 1. The average Bonchev–Trinajstić information content (AvgIpc) is 2.77. The van der Waals surface area contributed by atoms with Gasteiger partial charge < -0.3 is 20.8 Å². The normalized spacial score (nSPS) is 22.2. The number of nitrogens with zero attached hydrogens (tertiary/aromatic N) is 1. The number of aryl methyl sites for hydroxylation is 1. The van der Waals surface area contributed by atoms with Gasteiger partial charge in [0, 0.05) is 53.6 Å². The fourth-order valence-corrected chi connectivity index (χ4v) is 3.69. The molecular formula is C24H29N4O3+. The summed E-state index contributed by atoms with van der Waals surface area (Å²) in [6, 6.07) is 5.25. The van der Waals surface area contributed by atoms with Crippen molar-refractivity contribution in [2.75, 3.05) is 6.61 Å². The highest BCUT2D eigenvalue weighted by Gasteiger charge is 2.26. The molecular weight excluding hydrogens is 392 g/mol. The van der Waals surface area contributed by atoms with E-state index in [0.29, 0.717) is 47.0 Å². The summed E-state index contributed by atoms with van der Waals surface area (Å²) in [7, 11) is 0. The number of hydrogen-bond acceptors (Lipinski definition) is 5. The van der Waals surface area contributed by atoms with Crippen LogP contribution in [0.25, 0.3) is 0 Å². The smallest absolute Gasteiger partial charge is 0.325 e. The lowest BCUT2D eigenvalue weighted by Crippen LogP contribution is -2.44. The molecule has 1 fully saturated rings. The summed E-state index contributed by atoms with van der Waals surface area (Å²) in [5.41, 5.74) is 2.01. The first-order chi connectivity index (χ1) is 14.9. The quantitative estimate of drug-likeness (QED) is 0.323. The van der Waals surface area contributed by atoms with Gasteiger partial charge in [-0.05, 0) is 44.7 Å². The van der Waals surface area contributed by atoms with E-state index >= 15 is 0 Å². The molecule has 7 nitrogen and oxygen atoms in total. The lowest BCUT2D eigenvalue weighted by molar-refractivity contribution is -0.909. The number of aromatic nitrogens is 1. The molecule has 31 heavy (non-hydrogen) atoms. The first-order valence-electron chi connectivity index (χ1n) is 10.5. The zero-order valence-corrected chi connectivity index (χ0v) is 17.9. The third kappa shape index (κ3) is 5.34. The van der Waals surface area contributed by atoms with E-state index in [4.69, 9.17) is 16.6 Å². The molecule has 1 heterocycles. The molecule has 3 rings (SSSR count). The van der Waals surface area contributed by atoms with Gasteiger partial charge in [-0.1, -0.05) is 0 Å². The maximum absolute atomic E-state index is 12.8. The van der Waals surface area contributed by atoms with Crippen LogP contribution in [0.4, 0.5) is 0 Å². The van der Waals surface area contributed by atoms with Crippen LogP contribution in [0.15, 0.2) is 53.6 Å². The van der Waals surface area contributed by atoms with Crippen molar-refractivity contribution in [3.8, 4) is 12.3 Å². The monoisotopic (exact) mass is 421 g/mol. The van der Waals surface area contributed by atoms with Crippen molar-refractivity contribution < 1.29 is 19.5 Å². The summed E-state index contributed by atoms with van der Waals surface area (Å²) in [6.45, 7) is 3.94.